The lowest BCUT2D eigenvalue weighted by atomic mass is 9.85. The van der Waals surface area contributed by atoms with Crippen LogP contribution in [0, 0.1) is 0 Å². The van der Waals surface area contributed by atoms with E-state index in [9.17, 15) is 0 Å². The van der Waals surface area contributed by atoms with Gasteiger partial charge in [0.1, 0.15) is 0 Å². The molecule has 0 bridgehead atoms. The van der Waals surface area contributed by atoms with Crippen LogP contribution in [0.15, 0.2) is 12.3 Å². The Morgan fingerprint density at radius 2 is 2.31 bits per heavy atom. The lowest BCUT2D eigenvalue weighted by molar-refractivity contribution is -0.102. The molecule has 2 saturated heterocycles. The van der Waals surface area contributed by atoms with Gasteiger partial charge in [-0.2, -0.15) is 11.8 Å². The maximum atomic E-state index is 6.15. The summed E-state index contributed by atoms with van der Waals surface area (Å²) >= 11 is 3.64. The highest BCUT2D eigenvalue weighted by Gasteiger charge is 2.44. The Morgan fingerprint density at radius 3 is 3.06 bits per heavy atom. The fraction of sp³-hybridized carbons (Fsp3) is 0.727. The summed E-state index contributed by atoms with van der Waals surface area (Å²) in [7, 11) is 0. The molecule has 2 aliphatic heterocycles. The number of thioether (sulfide) groups is 1. The van der Waals surface area contributed by atoms with Crippen molar-refractivity contribution in [1.82, 2.24) is 9.69 Å². The van der Waals surface area contributed by atoms with Crippen LogP contribution in [0.1, 0.15) is 23.8 Å². The third kappa shape index (κ3) is 1.90. The summed E-state index contributed by atoms with van der Waals surface area (Å²) in [5, 5.41) is 3.62. The molecule has 1 aromatic rings. The van der Waals surface area contributed by atoms with E-state index in [0.29, 0.717) is 6.04 Å². The van der Waals surface area contributed by atoms with Crippen molar-refractivity contribution in [3.8, 4) is 0 Å². The van der Waals surface area contributed by atoms with Gasteiger partial charge in [-0.05, 0) is 41.9 Å². The minimum absolute atomic E-state index is 0.0377. The average Bonchev–Trinajstić information content (AvgIpc) is 2.84. The van der Waals surface area contributed by atoms with Gasteiger partial charge >= 0.3 is 0 Å². The van der Waals surface area contributed by atoms with Gasteiger partial charge in [-0.15, -0.1) is 0 Å². The summed E-state index contributed by atoms with van der Waals surface area (Å²) in [6.45, 7) is 1.80. The predicted molar refractivity (Wildman–Crippen MR) is 68.1 cm³/mol. The van der Waals surface area contributed by atoms with Gasteiger partial charge in [0.2, 0.25) is 0 Å². The third-order valence-corrected chi connectivity index (χ3v) is 5.24. The second-order valence-corrected chi connectivity index (χ2v) is 6.42. The number of aromatic nitrogens is 1. The van der Waals surface area contributed by atoms with Gasteiger partial charge in [0, 0.05) is 17.6 Å². The Hall–Kier alpha value is -0.100. The van der Waals surface area contributed by atoms with E-state index >= 15 is 0 Å². The summed E-state index contributed by atoms with van der Waals surface area (Å²) in [6, 6.07) is 2.48. The molecular formula is C11H16N2OS2. The number of nitrogens with one attached hydrogen (secondary N) is 1. The van der Waals surface area contributed by atoms with Crippen LogP contribution in [0.2, 0.25) is 0 Å². The maximum Gasteiger partial charge on any atom is 0.0901 e. The Bertz CT molecular complexity index is 327. The van der Waals surface area contributed by atoms with Crippen LogP contribution in [0.3, 0.4) is 0 Å². The lowest BCUT2D eigenvalue weighted by Crippen LogP contribution is -2.53. The molecule has 88 valence electrons. The highest BCUT2D eigenvalue weighted by Crippen LogP contribution is 2.42. The Kier molecular flexibility index (Phi) is 3.20. The fourth-order valence-corrected chi connectivity index (χ4v) is 4.56. The Labute approximate surface area is 104 Å². The Balaban J connectivity index is 1.88. The van der Waals surface area contributed by atoms with Crippen LogP contribution in [0.25, 0.3) is 0 Å². The lowest BCUT2D eigenvalue weighted by Gasteiger charge is -2.46. The Morgan fingerprint density at radius 1 is 1.44 bits per heavy atom. The number of hydrogen-bond acceptors (Lipinski definition) is 5. The first kappa shape index (κ1) is 11.0. The molecule has 1 spiro atoms. The molecule has 0 aromatic carbocycles. The minimum atomic E-state index is 0.0377. The van der Waals surface area contributed by atoms with Crippen LogP contribution in [0.4, 0.5) is 0 Å². The van der Waals surface area contributed by atoms with Crippen molar-refractivity contribution < 1.29 is 4.74 Å². The van der Waals surface area contributed by atoms with Crippen LogP contribution < -0.4 is 5.32 Å². The monoisotopic (exact) mass is 256 g/mol. The van der Waals surface area contributed by atoms with Gasteiger partial charge in [-0.1, -0.05) is 0 Å². The van der Waals surface area contributed by atoms with E-state index in [1.165, 1.54) is 16.4 Å². The number of rotatable bonds is 1. The number of hydrogen-bond donors (Lipinski definition) is 1. The molecule has 0 amide bonds. The minimum Gasteiger partial charge on any atom is -0.372 e. The van der Waals surface area contributed by atoms with Gasteiger partial charge < -0.3 is 10.1 Å². The number of nitrogens with zero attached hydrogens (tertiary/aromatic N) is 1. The number of morpholine rings is 1. The molecule has 1 atom stereocenters. The molecule has 0 aliphatic carbocycles. The molecule has 3 heterocycles. The van der Waals surface area contributed by atoms with E-state index in [2.05, 4.69) is 15.8 Å². The molecule has 1 unspecified atom stereocenters. The van der Waals surface area contributed by atoms with Crippen LogP contribution in [-0.2, 0) is 4.74 Å². The van der Waals surface area contributed by atoms with Gasteiger partial charge in [-0.3, -0.25) is 0 Å². The summed E-state index contributed by atoms with van der Waals surface area (Å²) < 4.78 is 10.4. The largest absolute Gasteiger partial charge is 0.372 e. The third-order valence-electron chi connectivity index (χ3n) is 3.45. The topological polar surface area (TPSA) is 34.1 Å². The van der Waals surface area contributed by atoms with Crippen molar-refractivity contribution in [3.05, 3.63) is 17.1 Å². The van der Waals surface area contributed by atoms with E-state index in [1.54, 1.807) is 11.5 Å². The van der Waals surface area contributed by atoms with Gasteiger partial charge in [-0.25, -0.2) is 4.37 Å². The van der Waals surface area contributed by atoms with E-state index < -0.39 is 0 Å². The summed E-state index contributed by atoms with van der Waals surface area (Å²) in [5.41, 5.74) is 0.0377. The standard InChI is InChI=1S/C11H16N2OS2/c1-4-13-16-9(1)10-11(14-6-5-12-10)2-7-15-8-3-11/h1,4,10,12H,2-3,5-8H2. The molecule has 1 aromatic heterocycles. The highest BCUT2D eigenvalue weighted by atomic mass is 32.2. The van der Waals surface area contributed by atoms with Crippen molar-refractivity contribution >= 4 is 23.3 Å². The number of ether oxygens (including phenoxy) is 1. The summed E-state index contributed by atoms with van der Waals surface area (Å²) in [5.74, 6) is 2.44. The van der Waals surface area contributed by atoms with Gasteiger partial charge in [0.05, 0.1) is 18.2 Å². The summed E-state index contributed by atoms with van der Waals surface area (Å²) in [4.78, 5) is 1.33. The van der Waals surface area contributed by atoms with E-state index in [0.717, 1.165) is 26.0 Å². The highest BCUT2D eigenvalue weighted by molar-refractivity contribution is 7.99. The molecule has 3 nitrogen and oxygen atoms in total. The van der Waals surface area contributed by atoms with Gasteiger partial charge in [0.25, 0.3) is 0 Å². The van der Waals surface area contributed by atoms with Crippen molar-refractivity contribution in [2.75, 3.05) is 24.7 Å². The van der Waals surface area contributed by atoms with E-state index in [4.69, 9.17) is 4.74 Å². The van der Waals surface area contributed by atoms with Crippen molar-refractivity contribution in [2.45, 2.75) is 24.5 Å². The molecule has 2 fully saturated rings. The SMILES string of the molecule is c1cc(C2NCCOC23CCSCC3)sn1. The normalized spacial score (nSPS) is 29.4. The molecule has 16 heavy (non-hydrogen) atoms. The fourth-order valence-electron chi connectivity index (χ4n) is 2.61. The molecule has 5 heteroatoms. The molecule has 0 saturated carbocycles. The molecule has 0 radical (unpaired) electrons. The second-order valence-electron chi connectivity index (χ2n) is 4.33. The quantitative estimate of drug-likeness (QED) is 0.834. The smallest absolute Gasteiger partial charge is 0.0901 e. The van der Waals surface area contributed by atoms with Crippen LogP contribution >= 0.6 is 23.3 Å². The molecule has 2 aliphatic rings. The first-order chi connectivity index (χ1) is 7.91. The predicted octanol–water partition coefficient (Wildman–Crippen LogP) is 2.07. The van der Waals surface area contributed by atoms with Crippen LogP contribution in [0.5, 0.6) is 0 Å². The summed E-state index contributed by atoms with van der Waals surface area (Å²) in [6.07, 6.45) is 4.21. The first-order valence-corrected chi connectivity index (χ1v) is 7.69. The maximum absolute atomic E-state index is 6.15. The zero-order valence-corrected chi connectivity index (χ0v) is 10.8. The van der Waals surface area contributed by atoms with Crippen molar-refractivity contribution in [1.29, 1.82) is 0 Å². The first-order valence-electron chi connectivity index (χ1n) is 5.76. The van der Waals surface area contributed by atoms with E-state index in [1.807, 2.05) is 18.0 Å². The molecular weight excluding hydrogens is 240 g/mol. The average molecular weight is 256 g/mol. The van der Waals surface area contributed by atoms with Crippen molar-refractivity contribution in [3.63, 3.8) is 0 Å². The zero-order valence-electron chi connectivity index (χ0n) is 9.15. The van der Waals surface area contributed by atoms with E-state index in [-0.39, 0.29) is 5.60 Å². The molecule has 1 N–H and O–H groups in total. The second kappa shape index (κ2) is 4.64. The van der Waals surface area contributed by atoms with Gasteiger partial charge in [0.15, 0.2) is 0 Å². The molecule has 3 rings (SSSR count). The zero-order chi connectivity index (χ0) is 10.8. The van der Waals surface area contributed by atoms with Crippen molar-refractivity contribution in [2.24, 2.45) is 0 Å². The van der Waals surface area contributed by atoms with Crippen LogP contribution in [-0.4, -0.2) is 34.6 Å².